The molecule has 5 heteroatoms. The first-order valence-electron chi connectivity index (χ1n) is 7.25. The third kappa shape index (κ3) is 2.45. The maximum atomic E-state index is 12.5. The second kappa shape index (κ2) is 5.44. The molecule has 0 fully saturated rings. The van der Waals surface area contributed by atoms with Crippen LogP contribution in [0.25, 0.3) is 22.4 Å². The summed E-state index contributed by atoms with van der Waals surface area (Å²) < 4.78 is 2.03. The third-order valence-corrected chi connectivity index (χ3v) is 4.62. The van der Waals surface area contributed by atoms with Crippen molar-refractivity contribution in [1.29, 1.82) is 0 Å². The van der Waals surface area contributed by atoms with Gasteiger partial charge in [-0.05, 0) is 24.1 Å². The predicted octanol–water partition coefficient (Wildman–Crippen LogP) is 2.67. The SMILES string of the molecule is Cc1ccccc1-c1nc2s/c(=C\c3ccccc3)c(=O)n2n1. The van der Waals surface area contributed by atoms with E-state index in [1.54, 1.807) is 0 Å². The van der Waals surface area contributed by atoms with Gasteiger partial charge in [-0.3, -0.25) is 4.79 Å². The summed E-state index contributed by atoms with van der Waals surface area (Å²) in [6, 6.07) is 17.7. The molecule has 0 N–H and O–H groups in total. The van der Waals surface area contributed by atoms with Gasteiger partial charge in [-0.2, -0.15) is 9.50 Å². The van der Waals surface area contributed by atoms with Gasteiger partial charge >= 0.3 is 0 Å². The fraction of sp³-hybridized carbons (Fsp3) is 0.0556. The van der Waals surface area contributed by atoms with Gasteiger partial charge in [-0.15, -0.1) is 5.10 Å². The van der Waals surface area contributed by atoms with E-state index >= 15 is 0 Å². The smallest absolute Gasteiger partial charge is 0.266 e. The Morgan fingerprint density at radius 2 is 1.78 bits per heavy atom. The molecular weight excluding hydrogens is 306 g/mol. The molecule has 4 rings (SSSR count). The van der Waals surface area contributed by atoms with Gasteiger partial charge in [0.2, 0.25) is 4.96 Å². The molecule has 0 aliphatic rings. The van der Waals surface area contributed by atoms with Crippen LogP contribution in [0.3, 0.4) is 0 Å². The molecule has 23 heavy (non-hydrogen) atoms. The minimum Gasteiger partial charge on any atom is -0.266 e. The van der Waals surface area contributed by atoms with Gasteiger partial charge in [-0.1, -0.05) is 65.9 Å². The van der Waals surface area contributed by atoms with E-state index in [2.05, 4.69) is 10.1 Å². The van der Waals surface area contributed by atoms with E-state index in [1.807, 2.05) is 67.6 Å². The molecule has 0 radical (unpaired) electrons. The average molecular weight is 319 g/mol. The molecular formula is C18H13N3OS. The van der Waals surface area contributed by atoms with Crippen LogP contribution in [0.15, 0.2) is 59.4 Å². The van der Waals surface area contributed by atoms with Crippen molar-refractivity contribution in [2.75, 3.05) is 0 Å². The highest BCUT2D eigenvalue weighted by atomic mass is 32.1. The molecule has 0 unspecified atom stereocenters. The van der Waals surface area contributed by atoms with Crippen molar-refractivity contribution in [2.45, 2.75) is 6.92 Å². The molecule has 2 aromatic heterocycles. The summed E-state index contributed by atoms with van der Waals surface area (Å²) in [6.45, 7) is 2.01. The van der Waals surface area contributed by atoms with Crippen molar-refractivity contribution >= 4 is 22.4 Å². The summed E-state index contributed by atoms with van der Waals surface area (Å²) in [5.74, 6) is 0.595. The van der Waals surface area contributed by atoms with Crippen molar-refractivity contribution in [3.8, 4) is 11.4 Å². The van der Waals surface area contributed by atoms with Crippen LogP contribution in [0.1, 0.15) is 11.1 Å². The zero-order chi connectivity index (χ0) is 15.8. The number of aromatic nitrogens is 3. The summed E-state index contributed by atoms with van der Waals surface area (Å²) in [5.41, 5.74) is 2.92. The summed E-state index contributed by atoms with van der Waals surface area (Å²) in [6.07, 6.45) is 1.87. The summed E-state index contributed by atoms with van der Waals surface area (Å²) in [7, 11) is 0. The average Bonchev–Trinajstić information content (AvgIpc) is 3.09. The number of rotatable bonds is 2. The monoisotopic (exact) mass is 319 g/mol. The van der Waals surface area contributed by atoms with Crippen LogP contribution in [0.4, 0.5) is 0 Å². The highest BCUT2D eigenvalue weighted by molar-refractivity contribution is 7.15. The van der Waals surface area contributed by atoms with Crippen molar-refractivity contribution in [2.24, 2.45) is 0 Å². The lowest BCUT2D eigenvalue weighted by atomic mass is 10.1. The summed E-state index contributed by atoms with van der Waals surface area (Å²) >= 11 is 1.36. The zero-order valence-electron chi connectivity index (χ0n) is 12.4. The van der Waals surface area contributed by atoms with E-state index in [-0.39, 0.29) is 5.56 Å². The van der Waals surface area contributed by atoms with E-state index in [1.165, 1.54) is 15.9 Å². The minimum absolute atomic E-state index is 0.124. The third-order valence-electron chi connectivity index (χ3n) is 3.67. The Hall–Kier alpha value is -2.79. The van der Waals surface area contributed by atoms with E-state index < -0.39 is 0 Å². The molecule has 0 aliphatic carbocycles. The molecule has 4 nitrogen and oxygen atoms in total. The number of hydrogen-bond donors (Lipinski definition) is 0. The van der Waals surface area contributed by atoms with E-state index in [0.717, 1.165) is 16.7 Å². The highest BCUT2D eigenvalue weighted by Crippen LogP contribution is 2.20. The molecule has 112 valence electrons. The first-order chi connectivity index (χ1) is 11.2. The van der Waals surface area contributed by atoms with Crippen LogP contribution in [0.5, 0.6) is 0 Å². The fourth-order valence-corrected chi connectivity index (χ4v) is 3.38. The molecule has 0 aliphatic heterocycles. The molecule has 2 heterocycles. The molecule has 0 spiro atoms. The van der Waals surface area contributed by atoms with Gasteiger partial charge < -0.3 is 0 Å². The van der Waals surface area contributed by atoms with Gasteiger partial charge in [0.25, 0.3) is 5.56 Å². The first kappa shape index (κ1) is 13.8. The fourth-order valence-electron chi connectivity index (χ4n) is 2.47. The maximum absolute atomic E-state index is 12.5. The number of aryl methyl sites for hydroxylation is 1. The zero-order valence-corrected chi connectivity index (χ0v) is 13.2. The lowest BCUT2D eigenvalue weighted by Gasteiger charge is -1.98. The van der Waals surface area contributed by atoms with Crippen LogP contribution in [-0.4, -0.2) is 14.6 Å². The highest BCUT2D eigenvalue weighted by Gasteiger charge is 2.12. The number of thiazole rings is 1. The number of benzene rings is 2. The Labute approximate surface area is 136 Å². The maximum Gasteiger partial charge on any atom is 0.291 e. The molecule has 2 aromatic carbocycles. The molecule has 0 saturated heterocycles. The minimum atomic E-state index is -0.124. The second-order valence-electron chi connectivity index (χ2n) is 5.27. The van der Waals surface area contributed by atoms with Gasteiger partial charge in [0.15, 0.2) is 5.82 Å². The Balaban J connectivity index is 1.86. The Bertz CT molecular complexity index is 1100. The predicted molar refractivity (Wildman–Crippen MR) is 92.5 cm³/mol. The quantitative estimate of drug-likeness (QED) is 0.571. The van der Waals surface area contributed by atoms with Crippen molar-refractivity contribution in [3.63, 3.8) is 0 Å². The van der Waals surface area contributed by atoms with Gasteiger partial charge in [-0.25, -0.2) is 0 Å². The van der Waals surface area contributed by atoms with Crippen molar-refractivity contribution < 1.29 is 0 Å². The van der Waals surface area contributed by atoms with Crippen LogP contribution < -0.4 is 10.1 Å². The van der Waals surface area contributed by atoms with Crippen LogP contribution in [0, 0.1) is 6.92 Å². The van der Waals surface area contributed by atoms with Crippen molar-refractivity contribution in [3.05, 3.63) is 80.6 Å². The van der Waals surface area contributed by atoms with Gasteiger partial charge in [0, 0.05) is 5.56 Å². The second-order valence-corrected chi connectivity index (χ2v) is 6.28. The van der Waals surface area contributed by atoms with E-state index in [0.29, 0.717) is 15.3 Å². The summed E-state index contributed by atoms with van der Waals surface area (Å²) in [5, 5.41) is 4.39. The van der Waals surface area contributed by atoms with E-state index in [4.69, 9.17) is 0 Å². The van der Waals surface area contributed by atoms with Crippen LogP contribution in [0.2, 0.25) is 0 Å². The lowest BCUT2D eigenvalue weighted by molar-refractivity contribution is 0.936. The van der Waals surface area contributed by atoms with E-state index in [9.17, 15) is 4.79 Å². The topological polar surface area (TPSA) is 47.3 Å². The standard InChI is InChI=1S/C18H13N3OS/c1-12-7-5-6-10-14(12)16-19-18-21(20-16)17(22)15(23-18)11-13-8-3-2-4-9-13/h2-11H,1H3/b15-11-. The molecule has 0 saturated carbocycles. The Morgan fingerprint density at radius 3 is 2.52 bits per heavy atom. The number of fused-ring (bicyclic) bond motifs is 1. The van der Waals surface area contributed by atoms with Crippen LogP contribution >= 0.6 is 11.3 Å². The number of nitrogens with zero attached hydrogens (tertiary/aromatic N) is 3. The Morgan fingerprint density at radius 1 is 1.04 bits per heavy atom. The number of hydrogen-bond acceptors (Lipinski definition) is 4. The van der Waals surface area contributed by atoms with Gasteiger partial charge in [0.05, 0.1) is 4.53 Å². The molecule has 0 atom stereocenters. The van der Waals surface area contributed by atoms with Gasteiger partial charge in [0.1, 0.15) is 0 Å². The Kier molecular flexibility index (Phi) is 3.28. The molecule has 0 amide bonds. The van der Waals surface area contributed by atoms with Crippen molar-refractivity contribution in [1.82, 2.24) is 14.6 Å². The molecule has 4 aromatic rings. The van der Waals surface area contributed by atoms with Crippen LogP contribution in [-0.2, 0) is 0 Å². The molecule has 0 bridgehead atoms. The normalized spacial score (nSPS) is 12.1. The summed E-state index contributed by atoms with van der Waals surface area (Å²) in [4.78, 5) is 17.6. The largest absolute Gasteiger partial charge is 0.291 e. The first-order valence-corrected chi connectivity index (χ1v) is 8.06. The lowest BCUT2D eigenvalue weighted by Crippen LogP contribution is -2.23.